The van der Waals surface area contributed by atoms with Gasteiger partial charge in [-0.3, -0.25) is 4.79 Å². The van der Waals surface area contributed by atoms with E-state index in [0.29, 0.717) is 30.4 Å². The molecule has 1 aromatic heterocycles. The first-order chi connectivity index (χ1) is 12.0. The lowest BCUT2D eigenvalue weighted by molar-refractivity contribution is -0.0592. The summed E-state index contributed by atoms with van der Waals surface area (Å²) in [5.41, 5.74) is 0. The highest BCUT2D eigenvalue weighted by atomic mass is 16.5. The highest BCUT2D eigenvalue weighted by Gasteiger charge is 2.28. The molecule has 6 nitrogen and oxygen atoms in total. The summed E-state index contributed by atoms with van der Waals surface area (Å²) in [5, 5.41) is 0. The van der Waals surface area contributed by atoms with Crippen LogP contribution in [0, 0.1) is 0 Å². The van der Waals surface area contributed by atoms with E-state index in [0.717, 1.165) is 5.75 Å². The van der Waals surface area contributed by atoms with Crippen molar-refractivity contribution < 1.29 is 23.4 Å². The molecule has 1 aliphatic heterocycles. The quantitative estimate of drug-likeness (QED) is 0.833. The summed E-state index contributed by atoms with van der Waals surface area (Å²) in [6, 6.07) is 10.8. The Morgan fingerprint density at radius 2 is 1.72 bits per heavy atom. The smallest absolute Gasteiger partial charge is 0.289 e. The third-order valence-electron chi connectivity index (χ3n) is 4.02. The van der Waals surface area contributed by atoms with Crippen LogP contribution in [-0.4, -0.2) is 43.2 Å². The molecule has 2 unspecified atom stereocenters. The van der Waals surface area contributed by atoms with Gasteiger partial charge in [0.05, 0.1) is 19.3 Å². The molecule has 1 aromatic carbocycles. The monoisotopic (exact) mass is 345 g/mol. The fourth-order valence-corrected chi connectivity index (χ4v) is 2.90. The lowest BCUT2D eigenvalue weighted by Gasteiger charge is -2.34. The number of methoxy groups -OCH3 is 1. The predicted molar refractivity (Wildman–Crippen MR) is 91.9 cm³/mol. The van der Waals surface area contributed by atoms with Gasteiger partial charge in [-0.25, -0.2) is 0 Å². The molecular weight excluding hydrogens is 322 g/mol. The van der Waals surface area contributed by atoms with E-state index in [9.17, 15) is 4.79 Å². The molecule has 3 rings (SSSR count). The van der Waals surface area contributed by atoms with Crippen molar-refractivity contribution in [2.45, 2.75) is 32.7 Å². The van der Waals surface area contributed by atoms with E-state index in [1.54, 1.807) is 24.1 Å². The van der Waals surface area contributed by atoms with Crippen molar-refractivity contribution in [3.8, 4) is 11.5 Å². The molecule has 0 aliphatic carbocycles. The fourth-order valence-electron chi connectivity index (χ4n) is 2.90. The molecule has 1 saturated heterocycles. The minimum atomic E-state index is -0.113. The third-order valence-corrected chi connectivity index (χ3v) is 4.02. The normalized spacial score (nSPS) is 20.4. The van der Waals surface area contributed by atoms with Gasteiger partial charge in [0.1, 0.15) is 23.9 Å². The topological polar surface area (TPSA) is 61.1 Å². The molecule has 134 valence electrons. The maximum absolute atomic E-state index is 12.6. The minimum absolute atomic E-state index is 0.0283. The van der Waals surface area contributed by atoms with Crippen molar-refractivity contribution in [1.29, 1.82) is 0 Å². The van der Waals surface area contributed by atoms with Crippen molar-refractivity contribution in [3.63, 3.8) is 0 Å². The summed E-state index contributed by atoms with van der Waals surface area (Å²) in [4.78, 5) is 14.3. The second-order valence-corrected chi connectivity index (χ2v) is 6.20. The molecule has 2 heterocycles. The van der Waals surface area contributed by atoms with E-state index in [1.165, 1.54) is 0 Å². The molecule has 0 spiro atoms. The van der Waals surface area contributed by atoms with Crippen LogP contribution in [0.1, 0.15) is 30.2 Å². The number of morpholine rings is 1. The Morgan fingerprint density at radius 3 is 2.36 bits per heavy atom. The predicted octanol–water partition coefficient (Wildman–Crippen LogP) is 3.12. The van der Waals surface area contributed by atoms with Crippen LogP contribution < -0.4 is 9.47 Å². The van der Waals surface area contributed by atoms with Gasteiger partial charge in [0.25, 0.3) is 5.91 Å². The molecule has 1 aliphatic rings. The van der Waals surface area contributed by atoms with Crippen LogP contribution in [-0.2, 0) is 11.3 Å². The zero-order valence-electron chi connectivity index (χ0n) is 14.7. The van der Waals surface area contributed by atoms with Gasteiger partial charge in [0.15, 0.2) is 5.76 Å². The lowest BCUT2D eigenvalue weighted by Crippen LogP contribution is -2.48. The van der Waals surface area contributed by atoms with Crippen LogP contribution in [0.4, 0.5) is 0 Å². The van der Waals surface area contributed by atoms with Gasteiger partial charge in [-0.05, 0) is 50.2 Å². The summed E-state index contributed by atoms with van der Waals surface area (Å²) >= 11 is 0. The summed E-state index contributed by atoms with van der Waals surface area (Å²) in [7, 11) is 1.62. The number of furan rings is 1. The van der Waals surface area contributed by atoms with Crippen LogP contribution in [0.15, 0.2) is 40.8 Å². The summed E-state index contributed by atoms with van der Waals surface area (Å²) in [5.74, 6) is 2.30. The molecule has 25 heavy (non-hydrogen) atoms. The SMILES string of the molecule is COc1ccc(OCc2ccc(C(=O)N3CC(C)OC(C)C3)o2)cc1. The maximum Gasteiger partial charge on any atom is 0.289 e. The molecule has 0 radical (unpaired) electrons. The molecule has 2 atom stereocenters. The number of carbonyl (C=O) groups excluding carboxylic acids is 1. The molecule has 6 heteroatoms. The highest BCUT2D eigenvalue weighted by molar-refractivity contribution is 5.91. The first-order valence-electron chi connectivity index (χ1n) is 8.35. The Bertz CT molecular complexity index is 699. The van der Waals surface area contributed by atoms with Crippen LogP contribution in [0.2, 0.25) is 0 Å². The Balaban J connectivity index is 1.58. The second-order valence-electron chi connectivity index (χ2n) is 6.20. The van der Waals surface area contributed by atoms with Crippen LogP contribution >= 0.6 is 0 Å². The van der Waals surface area contributed by atoms with Crippen LogP contribution in [0.3, 0.4) is 0 Å². The van der Waals surface area contributed by atoms with Crippen molar-refractivity contribution in [2.24, 2.45) is 0 Å². The van der Waals surface area contributed by atoms with E-state index < -0.39 is 0 Å². The second kappa shape index (κ2) is 7.61. The average molecular weight is 345 g/mol. The van der Waals surface area contributed by atoms with Gasteiger partial charge in [0, 0.05) is 13.1 Å². The number of ether oxygens (including phenoxy) is 3. The van der Waals surface area contributed by atoms with Crippen molar-refractivity contribution >= 4 is 5.91 Å². The molecule has 2 aromatic rings. The zero-order chi connectivity index (χ0) is 17.8. The summed E-state index contributed by atoms with van der Waals surface area (Å²) in [6.07, 6.45) is 0.0566. The van der Waals surface area contributed by atoms with E-state index in [1.807, 2.05) is 38.1 Å². The fraction of sp³-hybridized carbons (Fsp3) is 0.421. The van der Waals surface area contributed by atoms with E-state index in [4.69, 9.17) is 18.6 Å². The van der Waals surface area contributed by atoms with E-state index in [2.05, 4.69) is 0 Å². The van der Waals surface area contributed by atoms with Gasteiger partial charge in [0.2, 0.25) is 0 Å². The summed E-state index contributed by atoms with van der Waals surface area (Å²) in [6.45, 7) is 5.33. The zero-order valence-corrected chi connectivity index (χ0v) is 14.7. The van der Waals surface area contributed by atoms with Gasteiger partial charge in [-0.1, -0.05) is 0 Å². The Labute approximate surface area is 147 Å². The summed E-state index contributed by atoms with van der Waals surface area (Å²) < 4.78 is 22.1. The lowest BCUT2D eigenvalue weighted by atomic mass is 10.2. The Hall–Kier alpha value is -2.47. The standard InChI is InChI=1S/C19H23NO5/c1-13-10-20(11-14(2)24-13)19(21)18-9-8-17(25-18)12-23-16-6-4-15(22-3)5-7-16/h4-9,13-14H,10-12H2,1-3H3. The van der Waals surface area contributed by atoms with Gasteiger partial charge in [-0.15, -0.1) is 0 Å². The highest BCUT2D eigenvalue weighted by Crippen LogP contribution is 2.20. The molecule has 1 fully saturated rings. The van der Waals surface area contributed by atoms with Crippen LogP contribution in [0.25, 0.3) is 0 Å². The minimum Gasteiger partial charge on any atom is -0.497 e. The average Bonchev–Trinajstić information content (AvgIpc) is 3.08. The first kappa shape index (κ1) is 17.4. The first-order valence-corrected chi connectivity index (χ1v) is 8.35. The molecule has 1 amide bonds. The maximum atomic E-state index is 12.6. The molecule has 0 N–H and O–H groups in total. The Kier molecular flexibility index (Phi) is 5.28. The van der Waals surface area contributed by atoms with Gasteiger partial charge >= 0.3 is 0 Å². The number of hydrogen-bond donors (Lipinski definition) is 0. The number of benzene rings is 1. The molecule has 0 saturated carbocycles. The largest absolute Gasteiger partial charge is 0.497 e. The van der Waals surface area contributed by atoms with Gasteiger partial charge < -0.3 is 23.5 Å². The number of amides is 1. The number of hydrogen-bond acceptors (Lipinski definition) is 5. The van der Waals surface area contributed by atoms with E-state index >= 15 is 0 Å². The van der Waals surface area contributed by atoms with Crippen molar-refractivity contribution in [2.75, 3.05) is 20.2 Å². The van der Waals surface area contributed by atoms with Crippen LogP contribution in [0.5, 0.6) is 11.5 Å². The third kappa shape index (κ3) is 4.33. The Morgan fingerprint density at radius 1 is 1.08 bits per heavy atom. The van der Waals surface area contributed by atoms with E-state index in [-0.39, 0.29) is 24.7 Å². The number of nitrogens with zero attached hydrogens (tertiary/aromatic N) is 1. The van der Waals surface area contributed by atoms with Gasteiger partial charge in [-0.2, -0.15) is 0 Å². The molecule has 0 bridgehead atoms. The number of carbonyl (C=O) groups is 1. The van der Waals surface area contributed by atoms with Crippen molar-refractivity contribution in [1.82, 2.24) is 4.90 Å². The molecular formula is C19H23NO5. The van der Waals surface area contributed by atoms with Crippen molar-refractivity contribution in [3.05, 3.63) is 47.9 Å². The number of rotatable bonds is 5.